The topological polar surface area (TPSA) is 84.2 Å². The van der Waals surface area contributed by atoms with Crippen molar-refractivity contribution in [3.05, 3.63) is 20.8 Å². The van der Waals surface area contributed by atoms with Gasteiger partial charge in [-0.1, -0.05) is 0 Å². The number of halogens is 1. The lowest BCUT2D eigenvalue weighted by atomic mass is 9.91. The molecule has 0 saturated heterocycles. The Bertz CT molecular complexity index is 512. The maximum Gasteiger partial charge on any atom is 0.262 e. The number of thiophene rings is 1. The van der Waals surface area contributed by atoms with Gasteiger partial charge in [0.2, 0.25) is 5.91 Å². The van der Waals surface area contributed by atoms with Crippen LogP contribution in [0.25, 0.3) is 0 Å². The van der Waals surface area contributed by atoms with Crippen molar-refractivity contribution in [2.45, 2.75) is 50.7 Å². The SMILES string of the molecule is CC(NC(=O)c1ccc(Br)s1)C(=O)NC1CCC(N)CC1. The quantitative estimate of drug-likeness (QED) is 0.754. The summed E-state index contributed by atoms with van der Waals surface area (Å²) in [6, 6.07) is 3.43. The average Bonchev–Trinajstić information content (AvgIpc) is 2.88. The first-order valence-electron chi connectivity index (χ1n) is 7.08. The van der Waals surface area contributed by atoms with E-state index < -0.39 is 6.04 Å². The minimum absolute atomic E-state index is 0.139. The Kier molecular flexibility index (Phi) is 5.78. The van der Waals surface area contributed by atoms with Crippen molar-refractivity contribution >= 4 is 39.1 Å². The number of rotatable bonds is 4. The predicted molar refractivity (Wildman–Crippen MR) is 87.3 cm³/mol. The summed E-state index contributed by atoms with van der Waals surface area (Å²) in [7, 11) is 0. The fourth-order valence-electron chi connectivity index (χ4n) is 2.36. The fraction of sp³-hybridized carbons (Fsp3) is 0.571. The lowest BCUT2D eigenvalue weighted by Gasteiger charge is -2.28. The van der Waals surface area contributed by atoms with Gasteiger partial charge in [0.15, 0.2) is 0 Å². The zero-order chi connectivity index (χ0) is 15.4. The standard InChI is InChI=1S/C14H20BrN3O2S/c1-8(17-14(20)11-6-7-12(15)21-11)13(19)18-10-4-2-9(16)3-5-10/h6-10H,2-5,16H2,1H3,(H,17,20)(H,18,19). The number of carbonyl (C=O) groups is 2. The molecule has 0 aromatic carbocycles. The number of hydrogen-bond acceptors (Lipinski definition) is 4. The van der Waals surface area contributed by atoms with Gasteiger partial charge in [-0.05, 0) is 60.7 Å². The third kappa shape index (κ3) is 4.79. The molecular formula is C14H20BrN3O2S. The van der Waals surface area contributed by atoms with Crippen molar-refractivity contribution in [1.29, 1.82) is 0 Å². The lowest BCUT2D eigenvalue weighted by Crippen LogP contribution is -2.49. The normalized spacial score (nSPS) is 23.4. The predicted octanol–water partition coefficient (Wildman–Crippen LogP) is 2.02. The molecule has 0 bridgehead atoms. The molecule has 2 amide bonds. The summed E-state index contributed by atoms with van der Waals surface area (Å²) in [6.45, 7) is 1.70. The number of amides is 2. The number of nitrogens with one attached hydrogen (secondary N) is 2. The summed E-state index contributed by atoms with van der Waals surface area (Å²) in [5.41, 5.74) is 5.85. The van der Waals surface area contributed by atoms with Gasteiger partial charge in [-0.3, -0.25) is 9.59 Å². The molecule has 1 aromatic rings. The molecule has 1 aliphatic carbocycles. The Morgan fingerprint density at radius 2 is 2.00 bits per heavy atom. The molecule has 1 fully saturated rings. The summed E-state index contributed by atoms with van der Waals surface area (Å²) >= 11 is 4.66. The lowest BCUT2D eigenvalue weighted by molar-refractivity contribution is -0.123. The molecule has 2 rings (SSSR count). The summed E-state index contributed by atoms with van der Waals surface area (Å²) in [6.07, 6.45) is 3.70. The maximum atomic E-state index is 12.1. The van der Waals surface area contributed by atoms with E-state index in [-0.39, 0.29) is 23.9 Å². The molecule has 1 unspecified atom stereocenters. The van der Waals surface area contributed by atoms with Gasteiger partial charge >= 0.3 is 0 Å². The van der Waals surface area contributed by atoms with E-state index in [0.29, 0.717) is 4.88 Å². The van der Waals surface area contributed by atoms with Crippen LogP contribution in [-0.2, 0) is 4.79 Å². The van der Waals surface area contributed by atoms with Gasteiger partial charge in [0.05, 0.1) is 8.66 Å². The monoisotopic (exact) mass is 373 g/mol. The van der Waals surface area contributed by atoms with Crippen LogP contribution in [0.4, 0.5) is 0 Å². The van der Waals surface area contributed by atoms with E-state index >= 15 is 0 Å². The number of carbonyl (C=O) groups excluding carboxylic acids is 2. The van der Waals surface area contributed by atoms with E-state index in [1.54, 1.807) is 13.0 Å². The van der Waals surface area contributed by atoms with E-state index in [1.165, 1.54) is 11.3 Å². The Hall–Kier alpha value is -0.920. The number of nitrogens with two attached hydrogens (primary N) is 1. The molecule has 7 heteroatoms. The Balaban J connectivity index is 1.81. The van der Waals surface area contributed by atoms with Gasteiger partial charge in [-0.15, -0.1) is 11.3 Å². The highest BCUT2D eigenvalue weighted by Crippen LogP contribution is 2.22. The van der Waals surface area contributed by atoms with Gasteiger partial charge < -0.3 is 16.4 Å². The van der Waals surface area contributed by atoms with Crippen molar-refractivity contribution < 1.29 is 9.59 Å². The van der Waals surface area contributed by atoms with Crippen LogP contribution in [0.3, 0.4) is 0 Å². The highest BCUT2D eigenvalue weighted by atomic mass is 79.9. The van der Waals surface area contributed by atoms with Crippen LogP contribution in [0.2, 0.25) is 0 Å². The van der Waals surface area contributed by atoms with Crippen molar-refractivity contribution in [2.75, 3.05) is 0 Å². The van der Waals surface area contributed by atoms with Crippen LogP contribution in [0, 0.1) is 0 Å². The number of hydrogen-bond donors (Lipinski definition) is 3. The summed E-state index contributed by atoms with van der Waals surface area (Å²) in [5, 5.41) is 5.71. The van der Waals surface area contributed by atoms with Gasteiger partial charge in [-0.25, -0.2) is 0 Å². The van der Waals surface area contributed by atoms with Crippen LogP contribution in [0.15, 0.2) is 15.9 Å². The molecule has 1 aromatic heterocycles. The van der Waals surface area contributed by atoms with Crippen LogP contribution in [0.1, 0.15) is 42.3 Å². The minimum Gasteiger partial charge on any atom is -0.352 e. The third-order valence-corrected chi connectivity index (χ3v) is 5.28. The molecule has 1 aliphatic rings. The van der Waals surface area contributed by atoms with Crippen LogP contribution in [-0.4, -0.2) is 29.9 Å². The van der Waals surface area contributed by atoms with Crippen LogP contribution >= 0.6 is 27.3 Å². The molecule has 5 nitrogen and oxygen atoms in total. The minimum atomic E-state index is -0.547. The second-order valence-corrected chi connectivity index (χ2v) is 7.88. The molecule has 4 N–H and O–H groups in total. The first-order valence-corrected chi connectivity index (χ1v) is 8.69. The summed E-state index contributed by atoms with van der Waals surface area (Å²) in [4.78, 5) is 24.7. The zero-order valence-corrected chi connectivity index (χ0v) is 14.3. The fourth-order valence-corrected chi connectivity index (χ4v) is 3.65. The van der Waals surface area contributed by atoms with E-state index in [1.807, 2.05) is 6.07 Å². The molecule has 116 valence electrons. The Morgan fingerprint density at radius 1 is 1.33 bits per heavy atom. The molecule has 21 heavy (non-hydrogen) atoms. The van der Waals surface area contributed by atoms with E-state index in [2.05, 4.69) is 26.6 Å². The second-order valence-electron chi connectivity index (χ2n) is 5.42. The Labute approximate surface area is 136 Å². The second kappa shape index (κ2) is 7.38. The average molecular weight is 374 g/mol. The van der Waals surface area contributed by atoms with E-state index in [4.69, 9.17) is 5.73 Å². The van der Waals surface area contributed by atoms with Gasteiger partial charge in [-0.2, -0.15) is 0 Å². The summed E-state index contributed by atoms with van der Waals surface area (Å²) < 4.78 is 0.892. The van der Waals surface area contributed by atoms with Gasteiger partial charge in [0, 0.05) is 12.1 Å². The highest BCUT2D eigenvalue weighted by molar-refractivity contribution is 9.11. The zero-order valence-electron chi connectivity index (χ0n) is 11.9. The Morgan fingerprint density at radius 3 is 2.57 bits per heavy atom. The molecular weight excluding hydrogens is 354 g/mol. The third-order valence-electron chi connectivity index (χ3n) is 3.66. The molecule has 1 heterocycles. The van der Waals surface area contributed by atoms with Crippen molar-refractivity contribution in [3.63, 3.8) is 0 Å². The summed E-state index contributed by atoms with van der Waals surface area (Å²) in [5.74, 6) is -0.363. The van der Waals surface area contributed by atoms with E-state index in [9.17, 15) is 9.59 Å². The first kappa shape index (κ1) is 16.5. The van der Waals surface area contributed by atoms with Crippen molar-refractivity contribution in [3.8, 4) is 0 Å². The first-order chi connectivity index (χ1) is 9.95. The van der Waals surface area contributed by atoms with E-state index in [0.717, 1.165) is 29.5 Å². The maximum absolute atomic E-state index is 12.1. The van der Waals surface area contributed by atoms with Crippen LogP contribution < -0.4 is 16.4 Å². The molecule has 0 radical (unpaired) electrons. The molecule has 0 aliphatic heterocycles. The van der Waals surface area contributed by atoms with Crippen molar-refractivity contribution in [1.82, 2.24) is 10.6 Å². The molecule has 0 spiro atoms. The van der Waals surface area contributed by atoms with Gasteiger partial charge in [0.25, 0.3) is 5.91 Å². The highest BCUT2D eigenvalue weighted by Gasteiger charge is 2.23. The van der Waals surface area contributed by atoms with Gasteiger partial charge in [0.1, 0.15) is 6.04 Å². The largest absolute Gasteiger partial charge is 0.352 e. The van der Waals surface area contributed by atoms with Crippen LogP contribution in [0.5, 0.6) is 0 Å². The molecule has 1 saturated carbocycles. The van der Waals surface area contributed by atoms with Crippen molar-refractivity contribution in [2.24, 2.45) is 5.73 Å². The smallest absolute Gasteiger partial charge is 0.262 e. The molecule has 1 atom stereocenters.